The molecule has 0 radical (unpaired) electrons. The Morgan fingerprint density at radius 1 is 1.35 bits per heavy atom. The number of ether oxygens (including phenoxy) is 1. The van der Waals surface area contributed by atoms with E-state index in [2.05, 4.69) is 0 Å². The van der Waals surface area contributed by atoms with Crippen LogP contribution >= 0.6 is 0 Å². The second kappa shape index (κ2) is 6.08. The van der Waals surface area contributed by atoms with Gasteiger partial charge in [0.05, 0.1) is 19.3 Å². The number of likely N-dealkylation sites (tertiary alicyclic amines) is 1. The van der Waals surface area contributed by atoms with Gasteiger partial charge >= 0.3 is 0 Å². The smallest absolute Gasteiger partial charge is 0.290 e. The Bertz CT molecular complexity index is 722. The number of hydrogen-bond donors (Lipinski definition) is 1. The minimum atomic E-state index is -0.536. The van der Waals surface area contributed by atoms with Gasteiger partial charge in [0.15, 0.2) is 5.76 Å². The number of hydrogen-bond acceptors (Lipinski definition) is 4. The Hall–Kier alpha value is -2.27. The zero-order valence-corrected chi connectivity index (χ0v) is 13.6. The molecule has 0 aliphatic carbocycles. The number of aliphatic hydroxyl groups is 1. The fourth-order valence-corrected chi connectivity index (χ4v) is 3.19. The first-order valence-corrected chi connectivity index (χ1v) is 7.69. The predicted molar refractivity (Wildman–Crippen MR) is 85.6 cm³/mol. The van der Waals surface area contributed by atoms with E-state index in [1.54, 1.807) is 12.0 Å². The Morgan fingerprint density at radius 2 is 2.13 bits per heavy atom. The number of nitrogens with zero attached hydrogens (tertiary/aromatic N) is 1. The number of rotatable bonds is 3. The number of furan rings is 1. The molecule has 122 valence electrons. The van der Waals surface area contributed by atoms with Crippen LogP contribution in [0.2, 0.25) is 0 Å². The summed E-state index contributed by atoms with van der Waals surface area (Å²) in [5.74, 6) is 1.62. The lowest BCUT2D eigenvalue weighted by atomic mass is 10.0. The summed E-state index contributed by atoms with van der Waals surface area (Å²) in [6.07, 6.45) is -0.0241. The molecular weight excluding hydrogens is 294 g/mol. The molecule has 5 heteroatoms. The van der Waals surface area contributed by atoms with E-state index in [1.807, 2.05) is 44.2 Å². The van der Waals surface area contributed by atoms with E-state index in [0.717, 1.165) is 16.9 Å². The zero-order chi connectivity index (χ0) is 16.6. The highest BCUT2D eigenvalue weighted by molar-refractivity contribution is 5.93. The summed E-state index contributed by atoms with van der Waals surface area (Å²) in [5, 5.41) is 10.1. The summed E-state index contributed by atoms with van der Waals surface area (Å²) in [6.45, 7) is 3.98. The Morgan fingerprint density at radius 3 is 2.78 bits per heavy atom. The lowest BCUT2D eigenvalue weighted by Gasteiger charge is -2.24. The molecule has 0 unspecified atom stereocenters. The first-order chi connectivity index (χ1) is 11.0. The maximum Gasteiger partial charge on any atom is 0.290 e. The van der Waals surface area contributed by atoms with E-state index in [0.29, 0.717) is 24.5 Å². The van der Waals surface area contributed by atoms with Crippen molar-refractivity contribution in [3.8, 4) is 5.75 Å². The van der Waals surface area contributed by atoms with E-state index >= 15 is 0 Å². The van der Waals surface area contributed by atoms with Crippen LogP contribution in [0.3, 0.4) is 0 Å². The molecule has 0 saturated carbocycles. The molecule has 1 saturated heterocycles. The maximum atomic E-state index is 12.9. The third kappa shape index (κ3) is 2.97. The Labute approximate surface area is 135 Å². The van der Waals surface area contributed by atoms with Gasteiger partial charge in [0.2, 0.25) is 0 Å². The van der Waals surface area contributed by atoms with E-state index in [1.165, 1.54) is 0 Å². The first kappa shape index (κ1) is 15.6. The van der Waals surface area contributed by atoms with Crippen molar-refractivity contribution in [3.05, 3.63) is 53.0 Å². The molecule has 0 spiro atoms. The van der Waals surface area contributed by atoms with Gasteiger partial charge in [-0.15, -0.1) is 0 Å². The summed E-state index contributed by atoms with van der Waals surface area (Å²) >= 11 is 0. The number of β-amino-alcohol motifs (C(OH)–C–C–N with tert-alkyl or cyclic N) is 1. The molecule has 2 aromatic rings. The molecule has 3 rings (SSSR count). The standard InChI is InChI=1S/C18H21NO4/c1-11-7-12(2)23-17(11)18(21)19-10-14(20)9-16(19)13-5-4-6-15(8-13)22-3/h4-8,14,16,20H,9-10H2,1-3H3/t14-,16+/m1/s1. The predicted octanol–water partition coefficient (Wildman–Crippen LogP) is 2.85. The highest BCUT2D eigenvalue weighted by Gasteiger charge is 2.37. The molecular formula is C18H21NO4. The SMILES string of the molecule is COc1cccc([C@@H]2C[C@@H](O)CN2C(=O)c2oc(C)cc2C)c1. The molecule has 1 fully saturated rings. The minimum absolute atomic E-state index is 0.181. The fraction of sp³-hybridized carbons (Fsp3) is 0.389. The summed E-state index contributed by atoms with van der Waals surface area (Å²) in [6, 6.07) is 9.28. The highest BCUT2D eigenvalue weighted by atomic mass is 16.5. The highest BCUT2D eigenvalue weighted by Crippen LogP contribution is 2.35. The van der Waals surface area contributed by atoms with Crippen LogP contribution in [0, 0.1) is 13.8 Å². The van der Waals surface area contributed by atoms with Gasteiger partial charge in [-0.05, 0) is 44.0 Å². The lowest BCUT2D eigenvalue weighted by Crippen LogP contribution is -2.32. The molecule has 1 aliphatic rings. The average Bonchev–Trinajstić information content (AvgIpc) is 3.09. The summed E-state index contributed by atoms with van der Waals surface area (Å²) in [5.41, 5.74) is 1.77. The zero-order valence-electron chi connectivity index (χ0n) is 13.6. The molecule has 2 heterocycles. The van der Waals surface area contributed by atoms with Gasteiger partial charge in [0.1, 0.15) is 11.5 Å². The fourth-order valence-electron chi connectivity index (χ4n) is 3.19. The molecule has 0 bridgehead atoms. The second-order valence-corrected chi connectivity index (χ2v) is 6.01. The van der Waals surface area contributed by atoms with Crippen LogP contribution in [-0.2, 0) is 0 Å². The number of carbonyl (C=O) groups excluding carboxylic acids is 1. The molecule has 5 nitrogen and oxygen atoms in total. The van der Waals surface area contributed by atoms with Gasteiger partial charge in [-0.25, -0.2) is 0 Å². The lowest BCUT2D eigenvalue weighted by molar-refractivity contribution is 0.0681. The van der Waals surface area contributed by atoms with Gasteiger partial charge in [-0.2, -0.15) is 0 Å². The van der Waals surface area contributed by atoms with Crippen molar-refractivity contribution in [2.75, 3.05) is 13.7 Å². The van der Waals surface area contributed by atoms with E-state index in [9.17, 15) is 9.90 Å². The van der Waals surface area contributed by atoms with Crippen LogP contribution < -0.4 is 4.74 Å². The van der Waals surface area contributed by atoms with E-state index in [4.69, 9.17) is 9.15 Å². The van der Waals surface area contributed by atoms with Gasteiger partial charge in [0.25, 0.3) is 5.91 Å². The van der Waals surface area contributed by atoms with Gasteiger partial charge in [-0.1, -0.05) is 12.1 Å². The van der Waals surface area contributed by atoms with Crippen LogP contribution in [0.1, 0.15) is 39.9 Å². The van der Waals surface area contributed by atoms with Crippen LogP contribution in [0.5, 0.6) is 5.75 Å². The van der Waals surface area contributed by atoms with Crippen molar-refractivity contribution < 1.29 is 19.1 Å². The second-order valence-electron chi connectivity index (χ2n) is 6.01. The summed E-state index contributed by atoms with van der Waals surface area (Å²) in [4.78, 5) is 14.5. The average molecular weight is 315 g/mol. The number of methoxy groups -OCH3 is 1. The number of aliphatic hydroxyl groups excluding tert-OH is 1. The number of aryl methyl sites for hydroxylation is 2. The maximum absolute atomic E-state index is 12.9. The monoisotopic (exact) mass is 315 g/mol. The van der Waals surface area contributed by atoms with Crippen LogP contribution in [0.4, 0.5) is 0 Å². The third-order valence-electron chi connectivity index (χ3n) is 4.25. The van der Waals surface area contributed by atoms with Gasteiger partial charge in [0, 0.05) is 12.1 Å². The van der Waals surface area contributed by atoms with Crippen LogP contribution in [0.15, 0.2) is 34.7 Å². The van der Waals surface area contributed by atoms with Crippen molar-refractivity contribution in [3.63, 3.8) is 0 Å². The van der Waals surface area contributed by atoms with E-state index in [-0.39, 0.29) is 11.9 Å². The quantitative estimate of drug-likeness (QED) is 0.946. The molecule has 1 amide bonds. The molecule has 1 aromatic heterocycles. The molecule has 1 N–H and O–H groups in total. The molecule has 23 heavy (non-hydrogen) atoms. The number of carbonyl (C=O) groups is 1. The normalized spacial score (nSPS) is 20.8. The number of benzene rings is 1. The molecule has 2 atom stereocenters. The van der Waals surface area contributed by atoms with Gasteiger partial charge in [-0.3, -0.25) is 4.79 Å². The largest absolute Gasteiger partial charge is 0.497 e. The number of amides is 1. The van der Waals surface area contributed by atoms with Crippen LogP contribution in [0.25, 0.3) is 0 Å². The topological polar surface area (TPSA) is 62.9 Å². The van der Waals surface area contributed by atoms with Crippen LogP contribution in [-0.4, -0.2) is 35.7 Å². The van der Waals surface area contributed by atoms with Crippen molar-refractivity contribution in [1.82, 2.24) is 4.90 Å². The van der Waals surface area contributed by atoms with Crippen molar-refractivity contribution in [2.24, 2.45) is 0 Å². The van der Waals surface area contributed by atoms with Crippen molar-refractivity contribution >= 4 is 5.91 Å². The minimum Gasteiger partial charge on any atom is -0.497 e. The Balaban J connectivity index is 1.93. The van der Waals surface area contributed by atoms with E-state index < -0.39 is 6.10 Å². The Kier molecular flexibility index (Phi) is 4.13. The van der Waals surface area contributed by atoms with Crippen molar-refractivity contribution in [2.45, 2.75) is 32.4 Å². The summed E-state index contributed by atoms with van der Waals surface area (Å²) < 4.78 is 10.8. The van der Waals surface area contributed by atoms with Crippen molar-refractivity contribution in [1.29, 1.82) is 0 Å². The first-order valence-electron chi connectivity index (χ1n) is 7.69. The summed E-state index contributed by atoms with van der Waals surface area (Å²) in [7, 11) is 1.61. The molecule has 1 aliphatic heterocycles. The molecule has 1 aromatic carbocycles. The van der Waals surface area contributed by atoms with Gasteiger partial charge < -0.3 is 19.2 Å². The third-order valence-corrected chi connectivity index (χ3v) is 4.25.